The Kier molecular flexibility index (Phi) is 7.42. The van der Waals surface area contributed by atoms with Crippen LogP contribution in [0.3, 0.4) is 0 Å². The first-order chi connectivity index (χ1) is 12.2. The molecule has 0 aromatic heterocycles. The first kappa shape index (κ1) is 20.2. The summed E-state index contributed by atoms with van der Waals surface area (Å²) in [5.74, 6) is 0.173. The van der Waals surface area contributed by atoms with Crippen LogP contribution in [0.4, 0.5) is 0 Å². The number of hydrogen-bond donors (Lipinski definition) is 2. The summed E-state index contributed by atoms with van der Waals surface area (Å²) in [6.45, 7) is 2.67. The van der Waals surface area contributed by atoms with E-state index in [0.717, 1.165) is 35.7 Å². The number of nitrogens with zero attached hydrogens (tertiary/aromatic N) is 1. The zero-order valence-corrected chi connectivity index (χ0v) is 15.8. The molecule has 26 heavy (non-hydrogen) atoms. The van der Waals surface area contributed by atoms with E-state index >= 15 is 0 Å². The number of fused-ring (bicyclic) bond motifs is 1. The first-order valence-corrected chi connectivity index (χ1v) is 8.90. The van der Waals surface area contributed by atoms with Gasteiger partial charge in [0.15, 0.2) is 0 Å². The Hall–Kier alpha value is -2.11. The summed E-state index contributed by atoms with van der Waals surface area (Å²) in [6, 6.07) is 13.8. The third kappa shape index (κ3) is 4.54. The smallest absolute Gasteiger partial charge is 0.254 e. The molecule has 0 unspecified atom stereocenters. The highest BCUT2D eigenvalue weighted by molar-refractivity contribution is 6.07. The fourth-order valence-corrected chi connectivity index (χ4v) is 3.38. The van der Waals surface area contributed by atoms with Crippen molar-refractivity contribution in [1.82, 2.24) is 15.5 Å². The molecule has 0 aliphatic carbocycles. The van der Waals surface area contributed by atoms with Gasteiger partial charge in [-0.1, -0.05) is 36.4 Å². The van der Waals surface area contributed by atoms with E-state index in [1.807, 2.05) is 54.4 Å². The molecule has 2 aromatic rings. The highest BCUT2D eigenvalue weighted by atomic mass is 35.5. The standard InChI is InChI=1S/C20H25N3O2.ClH/c1-21-11-12-22-19(24)16-9-13-23(14-10-16)20(25)18-8-4-6-15-5-2-3-7-17(15)18;/h2-8,16,21H,9-14H2,1H3,(H,22,24);1H. The van der Waals surface area contributed by atoms with E-state index in [1.165, 1.54) is 0 Å². The SMILES string of the molecule is CNCCNC(=O)C1CCN(C(=O)c2cccc3ccccc23)CC1.Cl. The maximum Gasteiger partial charge on any atom is 0.254 e. The molecule has 1 fully saturated rings. The summed E-state index contributed by atoms with van der Waals surface area (Å²) in [6.07, 6.45) is 1.45. The zero-order valence-electron chi connectivity index (χ0n) is 15.0. The van der Waals surface area contributed by atoms with Gasteiger partial charge in [-0.2, -0.15) is 0 Å². The Morgan fingerprint density at radius 1 is 1.04 bits per heavy atom. The second-order valence-corrected chi connectivity index (χ2v) is 6.49. The lowest BCUT2D eigenvalue weighted by molar-refractivity contribution is -0.126. The fraction of sp³-hybridized carbons (Fsp3) is 0.400. The van der Waals surface area contributed by atoms with Gasteiger partial charge in [0.2, 0.25) is 5.91 Å². The number of rotatable bonds is 5. The molecule has 1 aliphatic heterocycles. The maximum atomic E-state index is 12.9. The molecular weight excluding hydrogens is 350 g/mol. The number of carbonyl (C=O) groups is 2. The van der Waals surface area contributed by atoms with Crippen LogP contribution in [0.25, 0.3) is 10.8 Å². The quantitative estimate of drug-likeness (QED) is 0.789. The first-order valence-electron chi connectivity index (χ1n) is 8.90. The number of carbonyl (C=O) groups excluding carboxylic acids is 2. The molecule has 2 aromatic carbocycles. The largest absolute Gasteiger partial charge is 0.355 e. The number of amides is 2. The molecular formula is C20H26ClN3O2. The minimum atomic E-state index is 0. The predicted molar refractivity (Wildman–Crippen MR) is 107 cm³/mol. The van der Waals surface area contributed by atoms with Crippen molar-refractivity contribution in [2.45, 2.75) is 12.8 Å². The molecule has 6 heteroatoms. The van der Waals surface area contributed by atoms with Crippen molar-refractivity contribution in [2.24, 2.45) is 5.92 Å². The number of benzene rings is 2. The third-order valence-electron chi connectivity index (χ3n) is 4.85. The van der Waals surface area contributed by atoms with Gasteiger partial charge in [0.1, 0.15) is 0 Å². The summed E-state index contributed by atoms with van der Waals surface area (Å²) < 4.78 is 0. The average Bonchev–Trinajstić information content (AvgIpc) is 2.67. The van der Waals surface area contributed by atoms with Gasteiger partial charge < -0.3 is 15.5 Å². The van der Waals surface area contributed by atoms with E-state index in [2.05, 4.69) is 10.6 Å². The van der Waals surface area contributed by atoms with Crippen molar-refractivity contribution in [3.8, 4) is 0 Å². The van der Waals surface area contributed by atoms with Crippen LogP contribution in [-0.4, -0.2) is 49.9 Å². The van der Waals surface area contributed by atoms with Gasteiger partial charge in [-0.15, -0.1) is 12.4 Å². The van der Waals surface area contributed by atoms with Crippen LogP contribution >= 0.6 is 12.4 Å². The van der Waals surface area contributed by atoms with Crippen molar-refractivity contribution < 1.29 is 9.59 Å². The summed E-state index contributed by atoms with van der Waals surface area (Å²) in [5, 5.41) is 8.03. The van der Waals surface area contributed by atoms with E-state index in [-0.39, 0.29) is 30.1 Å². The Morgan fingerprint density at radius 2 is 1.73 bits per heavy atom. The van der Waals surface area contributed by atoms with Gasteiger partial charge in [0, 0.05) is 37.7 Å². The lowest BCUT2D eigenvalue weighted by Crippen LogP contribution is -2.44. The molecule has 3 rings (SSSR count). The lowest BCUT2D eigenvalue weighted by atomic mass is 9.95. The molecule has 5 nitrogen and oxygen atoms in total. The van der Waals surface area contributed by atoms with E-state index in [0.29, 0.717) is 19.6 Å². The Morgan fingerprint density at radius 3 is 2.46 bits per heavy atom. The normalized spacial score (nSPS) is 14.7. The van der Waals surface area contributed by atoms with Crippen LogP contribution in [0.15, 0.2) is 42.5 Å². The monoisotopic (exact) mass is 375 g/mol. The van der Waals surface area contributed by atoms with E-state index in [4.69, 9.17) is 0 Å². The molecule has 140 valence electrons. The topological polar surface area (TPSA) is 61.4 Å². The van der Waals surface area contributed by atoms with Crippen LogP contribution in [-0.2, 0) is 4.79 Å². The number of likely N-dealkylation sites (N-methyl/N-ethyl adjacent to an activating group) is 1. The Labute approximate surface area is 160 Å². The minimum Gasteiger partial charge on any atom is -0.355 e. The number of likely N-dealkylation sites (tertiary alicyclic amines) is 1. The van der Waals surface area contributed by atoms with Crippen molar-refractivity contribution in [3.63, 3.8) is 0 Å². The van der Waals surface area contributed by atoms with Gasteiger partial charge >= 0.3 is 0 Å². The number of hydrogen-bond acceptors (Lipinski definition) is 3. The van der Waals surface area contributed by atoms with E-state index in [9.17, 15) is 9.59 Å². The summed E-state index contributed by atoms with van der Waals surface area (Å²) in [5.41, 5.74) is 0.745. The number of nitrogens with one attached hydrogen (secondary N) is 2. The summed E-state index contributed by atoms with van der Waals surface area (Å²) in [4.78, 5) is 26.9. The highest BCUT2D eigenvalue weighted by Gasteiger charge is 2.28. The van der Waals surface area contributed by atoms with Gasteiger partial charge in [-0.3, -0.25) is 9.59 Å². The van der Waals surface area contributed by atoms with Gasteiger partial charge in [-0.25, -0.2) is 0 Å². The van der Waals surface area contributed by atoms with Crippen molar-refractivity contribution in [1.29, 1.82) is 0 Å². The van der Waals surface area contributed by atoms with Crippen molar-refractivity contribution in [2.75, 3.05) is 33.2 Å². The second kappa shape index (κ2) is 9.55. The van der Waals surface area contributed by atoms with Crippen LogP contribution in [0.5, 0.6) is 0 Å². The molecule has 0 atom stereocenters. The summed E-state index contributed by atoms with van der Waals surface area (Å²) in [7, 11) is 1.86. The lowest BCUT2D eigenvalue weighted by Gasteiger charge is -2.31. The molecule has 0 spiro atoms. The van der Waals surface area contributed by atoms with Gasteiger partial charge in [-0.05, 0) is 36.7 Å². The third-order valence-corrected chi connectivity index (χ3v) is 4.85. The average molecular weight is 376 g/mol. The molecule has 0 radical (unpaired) electrons. The van der Waals surface area contributed by atoms with Crippen LogP contribution in [0, 0.1) is 5.92 Å². The molecule has 1 heterocycles. The molecule has 1 saturated heterocycles. The van der Waals surface area contributed by atoms with E-state index in [1.54, 1.807) is 0 Å². The van der Waals surface area contributed by atoms with Gasteiger partial charge in [0.05, 0.1) is 0 Å². The number of piperidine rings is 1. The second-order valence-electron chi connectivity index (χ2n) is 6.49. The van der Waals surface area contributed by atoms with Crippen LogP contribution < -0.4 is 10.6 Å². The molecule has 2 N–H and O–H groups in total. The Balaban J connectivity index is 0.00000243. The minimum absolute atomic E-state index is 0. The molecule has 2 amide bonds. The zero-order chi connectivity index (χ0) is 17.6. The highest BCUT2D eigenvalue weighted by Crippen LogP contribution is 2.23. The number of halogens is 1. The fourth-order valence-electron chi connectivity index (χ4n) is 3.38. The van der Waals surface area contributed by atoms with Gasteiger partial charge in [0.25, 0.3) is 5.91 Å². The predicted octanol–water partition coefficient (Wildman–Crippen LogP) is 2.45. The van der Waals surface area contributed by atoms with Crippen LogP contribution in [0.2, 0.25) is 0 Å². The molecule has 0 bridgehead atoms. The maximum absolute atomic E-state index is 12.9. The van der Waals surface area contributed by atoms with Crippen molar-refractivity contribution >= 4 is 35.0 Å². The van der Waals surface area contributed by atoms with Crippen LogP contribution in [0.1, 0.15) is 23.2 Å². The van der Waals surface area contributed by atoms with Crippen molar-refractivity contribution in [3.05, 3.63) is 48.0 Å². The molecule has 0 saturated carbocycles. The molecule has 1 aliphatic rings. The summed E-state index contributed by atoms with van der Waals surface area (Å²) >= 11 is 0. The Bertz CT molecular complexity index is 752. The van der Waals surface area contributed by atoms with E-state index < -0.39 is 0 Å².